The zero-order valence-corrected chi connectivity index (χ0v) is 18.9. The van der Waals surface area contributed by atoms with Gasteiger partial charge >= 0.3 is 0 Å². The van der Waals surface area contributed by atoms with Gasteiger partial charge in [0.25, 0.3) is 5.91 Å². The summed E-state index contributed by atoms with van der Waals surface area (Å²) in [5.74, 6) is 1.06. The molecule has 3 rings (SSSR count). The molecule has 0 saturated heterocycles. The van der Waals surface area contributed by atoms with E-state index in [2.05, 4.69) is 20.2 Å². The molecule has 3 aromatic rings. The minimum atomic E-state index is -3.74. The standard InChI is InChI=1S/C20H25N5O4S2/c1-29-12-10-21-31(27,28)16-7-5-6-15(14-16)20(26)22-17(9-13-30-2)19-24-23-18-8-3-4-11-25(18)19/h3-8,11,14,17,21H,9-10,12-13H2,1-2H3,(H,22,26). The van der Waals surface area contributed by atoms with Crippen molar-refractivity contribution in [2.24, 2.45) is 0 Å². The summed E-state index contributed by atoms with van der Waals surface area (Å²) in [4.78, 5) is 13.0. The van der Waals surface area contributed by atoms with E-state index in [4.69, 9.17) is 4.74 Å². The molecule has 0 saturated carbocycles. The second-order valence-corrected chi connectivity index (χ2v) is 9.47. The van der Waals surface area contributed by atoms with Gasteiger partial charge in [0.05, 0.1) is 17.5 Å². The fraction of sp³-hybridized carbons (Fsp3) is 0.350. The van der Waals surface area contributed by atoms with Gasteiger partial charge in [-0.1, -0.05) is 12.1 Å². The monoisotopic (exact) mass is 463 g/mol. The fourth-order valence-corrected chi connectivity index (χ4v) is 4.54. The Labute approximate surface area is 185 Å². The quantitative estimate of drug-likeness (QED) is 0.417. The minimum Gasteiger partial charge on any atom is -0.383 e. The molecule has 0 aliphatic heterocycles. The third-order valence-electron chi connectivity index (χ3n) is 4.57. The maximum atomic E-state index is 13.0. The topological polar surface area (TPSA) is 115 Å². The van der Waals surface area contributed by atoms with Crippen molar-refractivity contribution in [3.63, 3.8) is 0 Å². The van der Waals surface area contributed by atoms with Crippen LogP contribution in [0.2, 0.25) is 0 Å². The number of benzene rings is 1. The second kappa shape index (κ2) is 10.7. The van der Waals surface area contributed by atoms with Gasteiger partial charge in [0, 0.05) is 25.4 Å². The predicted octanol–water partition coefficient (Wildman–Crippen LogP) is 1.88. The number of thioether (sulfide) groups is 1. The van der Waals surface area contributed by atoms with Crippen molar-refractivity contribution in [2.75, 3.05) is 32.3 Å². The van der Waals surface area contributed by atoms with Gasteiger partial charge in [-0.3, -0.25) is 9.20 Å². The Hall–Kier alpha value is -2.47. The molecule has 2 N–H and O–H groups in total. The van der Waals surface area contributed by atoms with E-state index in [0.717, 1.165) is 5.75 Å². The van der Waals surface area contributed by atoms with Crippen LogP contribution < -0.4 is 10.0 Å². The number of sulfonamides is 1. The van der Waals surface area contributed by atoms with Crippen molar-refractivity contribution in [3.8, 4) is 0 Å². The van der Waals surface area contributed by atoms with Crippen LogP contribution in [-0.2, 0) is 14.8 Å². The maximum Gasteiger partial charge on any atom is 0.251 e. The first kappa shape index (κ1) is 23.2. The van der Waals surface area contributed by atoms with E-state index in [0.29, 0.717) is 17.9 Å². The lowest BCUT2D eigenvalue weighted by Gasteiger charge is -2.17. The summed E-state index contributed by atoms with van der Waals surface area (Å²) >= 11 is 1.66. The molecule has 2 heterocycles. The number of fused-ring (bicyclic) bond motifs is 1. The SMILES string of the molecule is COCCNS(=O)(=O)c1cccc(C(=O)NC(CCSC)c2nnc3ccccn23)c1. The molecule has 0 aliphatic carbocycles. The Morgan fingerprint density at radius 2 is 2.06 bits per heavy atom. The molecule has 0 fully saturated rings. The van der Waals surface area contributed by atoms with Crippen molar-refractivity contribution >= 4 is 33.3 Å². The highest BCUT2D eigenvalue weighted by molar-refractivity contribution is 7.98. The van der Waals surface area contributed by atoms with Crippen LogP contribution in [0, 0.1) is 0 Å². The first-order valence-corrected chi connectivity index (χ1v) is 12.5. The normalized spacial score (nSPS) is 12.7. The summed E-state index contributed by atoms with van der Waals surface area (Å²) < 4.78 is 34.1. The van der Waals surface area contributed by atoms with Gasteiger partial charge in [0.15, 0.2) is 11.5 Å². The number of methoxy groups -OCH3 is 1. The largest absolute Gasteiger partial charge is 0.383 e. The first-order chi connectivity index (χ1) is 15.0. The first-order valence-electron chi connectivity index (χ1n) is 9.64. The summed E-state index contributed by atoms with van der Waals surface area (Å²) in [5, 5.41) is 11.4. The third-order valence-corrected chi connectivity index (χ3v) is 6.68. The zero-order valence-electron chi connectivity index (χ0n) is 17.3. The molecule has 1 amide bonds. The number of aromatic nitrogens is 3. The molecular formula is C20H25N5O4S2. The molecule has 166 valence electrons. The summed E-state index contributed by atoms with van der Waals surface area (Å²) in [5.41, 5.74) is 0.939. The molecule has 11 heteroatoms. The van der Waals surface area contributed by atoms with Crippen LogP contribution in [0.1, 0.15) is 28.6 Å². The van der Waals surface area contributed by atoms with E-state index in [1.54, 1.807) is 23.9 Å². The predicted molar refractivity (Wildman–Crippen MR) is 120 cm³/mol. The Kier molecular flexibility index (Phi) is 8.02. The number of nitrogens with one attached hydrogen (secondary N) is 2. The van der Waals surface area contributed by atoms with Gasteiger partial charge in [-0.2, -0.15) is 11.8 Å². The summed E-state index contributed by atoms with van der Waals surface area (Å²) in [6.45, 7) is 0.398. The van der Waals surface area contributed by atoms with Gasteiger partial charge in [0.2, 0.25) is 10.0 Å². The molecule has 0 radical (unpaired) electrons. The van der Waals surface area contributed by atoms with E-state index in [1.165, 1.54) is 19.2 Å². The second-order valence-electron chi connectivity index (χ2n) is 6.71. The number of carbonyl (C=O) groups excluding carboxylic acids is 1. The highest BCUT2D eigenvalue weighted by atomic mass is 32.2. The van der Waals surface area contributed by atoms with Crippen LogP contribution >= 0.6 is 11.8 Å². The van der Waals surface area contributed by atoms with E-state index in [9.17, 15) is 13.2 Å². The maximum absolute atomic E-state index is 13.0. The van der Waals surface area contributed by atoms with Gasteiger partial charge in [-0.05, 0) is 48.8 Å². The average Bonchev–Trinajstić information content (AvgIpc) is 3.21. The number of carbonyl (C=O) groups is 1. The van der Waals surface area contributed by atoms with Crippen molar-refractivity contribution in [3.05, 3.63) is 60.0 Å². The highest BCUT2D eigenvalue weighted by Gasteiger charge is 2.22. The molecule has 31 heavy (non-hydrogen) atoms. The van der Waals surface area contributed by atoms with Gasteiger partial charge < -0.3 is 10.1 Å². The van der Waals surface area contributed by atoms with Crippen molar-refractivity contribution in [1.29, 1.82) is 0 Å². The molecule has 9 nitrogen and oxygen atoms in total. The molecule has 0 aliphatic rings. The Morgan fingerprint density at radius 1 is 1.23 bits per heavy atom. The third kappa shape index (κ3) is 5.82. The molecule has 0 bridgehead atoms. The van der Waals surface area contributed by atoms with Gasteiger partial charge in [-0.25, -0.2) is 13.1 Å². The van der Waals surface area contributed by atoms with Crippen LogP contribution in [0.3, 0.4) is 0 Å². The number of pyridine rings is 1. The molecule has 1 aromatic carbocycles. The average molecular weight is 464 g/mol. The van der Waals surface area contributed by atoms with Crippen LogP contribution in [-0.4, -0.2) is 61.2 Å². The molecule has 2 aromatic heterocycles. The molecule has 0 spiro atoms. The fourth-order valence-electron chi connectivity index (χ4n) is 3.01. The molecule has 1 unspecified atom stereocenters. The van der Waals surface area contributed by atoms with E-state index >= 15 is 0 Å². The lowest BCUT2D eigenvalue weighted by molar-refractivity contribution is 0.0933. The summed E-state index contributed by atoms with van der Waals surface area (Å²) in [6.07, 6.45) is 4.49. The minimum absolute atomic E-state index is 0.0184. The van der Waals surface area contributed by atoms with Gasteiger partial charge in [0.1, 0.15) is 0 Å². The number of amides is 1. The van der Waals surface area contributed by atoms with Crippen molar-refractivity contribution < 1.29 is 17.9 Å². The lowest BCUT2D eigenvalue weighted by Crippen LogP contribution is -2.31. The molecule has 1 atom stereocenters. The van der Waals surface area contributed by atoms with E-state index < -0.39 is 10.0 Å². The zero-order chi connectivity index (χ0) is 22.3. The number of ether oxygens (including phenoxy) is 1. The number of rotatable bonds is 11. The Morgan fingerprint density at radius 3 is 2.84 bits per heavy atom. The Bertz CT molecular complexity index is 1130. The van der Waals surface area contributed by atoms with Crippen molar-refractivity contribution in [1.82, 2.24) is 24.6 Å². The number of hydrogen-bond donors (Lipinski definition) is 2. The van der Waals surface area contributed by atoms with Crippen LogP contribution in [0.4, 0.5) is 0 Å². The van der Waals surface area contributed by atoms with Crippen molar-refractivity contribution in [2.45, 2.75) is 17.4 Å². The van der Waals surface area contributed by atoms with E-state index in [-0.39, 0.29) is 35.6 Å². The van der Waals surface area contributed by atoms with Crippen LogP contribution in [0.25, 0.3) is 5.65 Å². The number of nitrogens with zero attached hydrogens (tertiary/aromatic N) is 3. The lowest BCUT2D eigenvalue weighted by atomic mass is 10.1. The van der Waals surface area contributed by atoms with Crippen LogP contribution in [0.15, 0.2) is 53.6 Å². The summed E-state index contributed by atoms with van der Waals surface area (Å²) in [7, 11) is -2.25. The van der Waals surface area contributed by atoms with Gasteiger partial charge in [-0.15, -0.1) is 10.2 Å². The smallest absolute Gasteiger partial charge is 0.251 e. The highest BCUT2D eigenvalue weighted by Crippen LogP contribution is 2.20. The van der Waals surface area contributed by atoms with Crippen LogP contribution in [0.5, 0.6) is 0 Å². The molecular weight excluding hydrogens is 438 g/mol. The van der Waals surface area contributed by atoms with E-state index in [1.807, 2.05) is 35.1 Å². The summed E-state index contributed by atoms with van der Waals surface area (Å²) in [6, 6.07) is 11.1. The number of hydrogen-bond acceptors (Lipinski definition) is 7. The Balaban J connectivity index is 1.82.